The number of carbonyl (C=O) groups is 2. The van der Waals surface area contributed by atoms with Gasteiger partial charge in [-0.3, -0.25) is 9.59 Å². The van der Waals surface area contributed by atoms with Crippen molar-refractivity contribution in [1.82, 2.24) is 5.32 Å². The first-order valence-corrected chi connectivity index (χ1v) is 11.9. The van der Waals surface area contributed by atoms with Crippen LogP contribution in [0, 0.1) is 0 Å². The molecule has 0 aromatic heterocycles. The van der Waals surface area contributed by atoms with Crippen molar-refractivity contribution in [3.05, 3.63) is 29.8 Å². The number of carbonyl (C=O) groups excluding carboxylic acids is 2. The van der Waals surface area contributed by atoms with E-state index in [1.807, 2.05) is 0 Å². The number of amidine groups is 2. The van der Waals surface area contributed by atoms with Crippen LogP contribution in [-0.4, -0.2) is 63.4 Å². The summed E-state index contributed by atoms with van der Waals surface area (Å²) in [4.78, 5) is 33.7. The number of para-hydroxylation sites is 1. The van der Waals surface area contributed by atoms with Crippen LogP contribution in [0.3, 0.4) is 0 Å². The normalized spacial score (nSPS) is 18.4. The van der Waals surface area contributed by atoms with Crippen LogP contribution < -0.4 is 10.2 Å². The van der Waals surface area contributed by atoms with Gasteiger partial charge in [0.15, 0.2) is 11.7 Å². The average Bonchev–Trinajstić information content (AvgIpc) is 2.72. The molecule has 0 radical (unpaired) electrons. The van der Waals surface area contributed by atoms with Gasteiger partial charge in [-0.1, -0.05) is 81.7 Å². The Hall–Kier alpha value is -1.23. The monoisotopic (exact) mass is 596 g/mol. The lowest BCUT2D eigenvalue weighted by atomic mass is 10.1. The van der Waals surface area contributed by atoms with E-state index >= 15 is 4.39 Å². The fraction of sp³-hybridized carbons (Fsp3) is 0.474. The maximum atomic E-state index is 15.6. The molecule has 1 aromatic carbocycles. The SMILES string of the molecule is CCOC(=O)CN(CC(=O)OCC)c1ccccc1C1=NC(F)(C(Cl)(Cl)Cl)NC(C(Cl)(Cl)Cl)=N1. The molecule has 34 heavy (non-hydrogen) atoms. The molecule has 0 saturated carbocycles. The molecular weight excluding hydrogens is 580 g/mol. The zero-order valence-electron chi connectivity index (χ0n) is 17.8. The molecule has 1 N–H and O–H groups in total. The Morgan fingerprint density at radius 1 is 1.03 bits per heavy atom. The molecule has 0 spiro atoms. The zero-order chi connectivity index (χ0) is 25.7. The van der Waals surface area contributed by atoms with Gasteiger partial charge < -0.3 is 19.7 Å². The second-order valence-corrected chi connectivity index (χ2v) is 11.2. The van der Waals surface area contributed by atoms with E-state index in [0.29, 0.717) is 0 Å². The predicted octanol–water partition coefficient (Wildman–Crippen LogP) is 4.73. The summed E-state index contributed by atoms with van der Waals surface area (Å²) in [5, 5.41) is 2.10. The summed E-state index contributed by atoms with van der Waals surface area (Å²) in [7, 11) is 0. The molecule has 0 aliphatic carbocycles. The number of benzene rings is 1. The number of hydrogen-bond donors (Lipinski definition) is 1. The fourth-order valence-corrected chi connectivity index (χ4v) is 3.31. The maximum absolute atomic E-state index is 15.6. The van der Waals surface area contributed by atoms with Crippen LogP contribution in [0.5, 0.6) is 0 Å². The Morgan fingerprint density at radius 2 is 1.56 bits per heavy atom. The second kappa shape index (κ2) is 11.7. The number of hydrogen-bond acceptors (Lipinski definition) is 8. The van der Waals surface area contributed by atoms with Crippen molar-refractivity contribution in [2.24, 2.45) is 9.98 Å². The number of esters is 2. The molecule has 1 atom stereocenters. The van der Waals surface area contributed by atoms with Crippen LogP contribution >= 0.6 is 69.6 Å². The van der Waals surface area contributed by atoms with Crippen LogP contribution in [-0.2, 0) is 19.1 Å². The van der Waals surface area contributed by atoms with E-state index in [0.717, 1.165) is 0 Å². The van der Waals surface area contributed by atoms with Gasteiger partial charge in [-0.05, 0) is 26.0 Å². The van der Waals surface area contributed by atoms with Gasteiger partial charge in [0.05, 0.1) is 13.2 Å². The van der Waals surface area contributed by atoms with Gasteiger partial charge in [-0.2, -0.15) is 4.39 Å². The van der Waals surface area contributed by atoms with Gasteiger partial charge in [0, 0.05) is 11.3 Å². The van der Waals surface area contributed by atoms with Crippen molar-refractivity contribution in [3.63, 3.8) is 0 Å². The van der Waals surface area contributed by atoms with Crippen molar-refractivity contribution in [2.45, 2.75) is 27.3 Å². The van der Waals surface area contributed by atoms with Crippen molar-refractivity contribution in [1.29, 1.82) is 0 Å². The predicted molar refractivity (Wildman–Crippen MR) is 133 cm³/mol. The van der Waals surface area contributed by atoms with Crippen LogP contribution in [0.1, 0.15) is 19.4 Å². The lowest BCUT2D eigenvalue weighted by molar-refractivity contribution is -0.142. The van der Waals surface area contributed by atoms with Crippen molar-refractivity contribution >= 4 is 98.9 Å². The van der Waals surface area contributed by atoms with Crippen LogP contribution in [0.4, 0.5) is 10.1 Å². The van der Waals surface area contributed by atoms with Gasteiger partial charge in [0.1, 0.15) is 13.1 Å². The maximum Gasteiger partial charge on any atom is 0.325 e. The van der Waals surface area contributed by atoms with E-state index in [1.165, 1.54) is 17.0 Å². The molecule has 0 fully saturated rings. The van der Waals surface area contributed by atoms with Crippen LogP contribution in [0.2, 0.25) is 0 Å². The van der Waals surface area contributed by atoms with Gasteiger partial charge in [0.2, 0.25) is 3.79 Å². The third-order valence-electron chi connectivity index (χ3n) is 4.14. The first-order chi connectivity index (χ1) is 15.7. The highest BCUT2D eigenvalue weighted by Crippen LogP contribution is 2.43. The number of nitrogens with zero attached hydrogens (tertiary/aromatic N) is 3. The lowest BCUT2D eigenvalue weighted by Crippen LogP contribution is -2.58. The molecule has 1 aliphatic heterocycles. The molecule has 188 valence electrons. The molecule has 1 heterocycles. The third kappa shape index (κ3) is 7.38. The number of nitrogens with one attached hydrogen (secondary N) is 1. The lowest BCUT2D eigenvalue weighted by Gasteiger charge is -2.35. The summed E-state index contributed by atoms with van der Waals surface area (Å²) >= 11 is 35.1. The Morgan fingerprint density at radius 3 is 2.03 bits per heavy atom. The quantitative estimate of drug-likeness (QED) is 0.264. The van der Waals surface area contributed by atoms with E-state index in [1.54, 1.807) is 26.0 Å². The Labute approximate surface area is 225 Å². The highest BCUT2D eigenvalue weighted by Gasteiger charge is 2.54. The highest BCUT2D eigenvalue weighted by molar-refractivity contribution is 6.77. The van der Waals surface area contributed by atoms with Gasteiger partial charge >= 0.3 is 17.9 Å². The molecule has 0 bridgehead atoms. The molecule has 1 unspecified atom stereocenters. The minimum atomic E-state index is -3.08. The first-order valence-electron chi connectivity index (χ1n) is 9.67. The minimum Gasteiger partial charge on any atom is -0.465 e. The number of rotatable bonds is 8. The molecule has 1 aliphatic rings. The second-order valence-electron chi connectivity index (χ2n) is 6.62. The zero-order valence-corrected chi connectivity index (χ0v) is 22.3. The summed E-state index contributed by atoms with van der Waals surface area (Å²) in [6.07, 6.45) is 0. The number of alkyl halides is 7. The van der Waals surface area contributed by atoms with Crippen LogP contribution in [0.25, 0.3) is 0 Å². The van der Waals surface area contributed by atoms with E-state index in [9.17, 15) is 9.59 Å². The fourth-order valence-electron chi connectivity index (χ4n) is 2.77. The molecule has 15 heteroatoms. The molecular formula is C19H19Cl6FN4O4. The Bertz CT molecular complexity index is 962. The van der Waals surface area contributed by atoms with Gasteiger partial charge in [0.25, 0.3) is 3.79 Å². The van der Waals surface area contributed by atoms with Gasteiger partial charge in [-0.15, -0.1) is 0 Å². The van der Waals surface area contributed by atoms with Crippen molar-refractivity contribution < 1.29 is 23.5 Å². The Balaban J connectivity index is 2.65. The average molecular weight is 599 g/mol. The smallest absolute Gasteiger partial charge is 0.325 e. The first kappa shape index (κ1) is 29.0. The summed E-state index contributed by atoms with van der Waals surface area (Å²) in [5.74, 6) is -5.16. The van der Waals surface area contributed by atoms with Crippen molar-refractivity contribution in [3.8, 4) is 0 Å². The van der Waals surface area contributed by atoms with E-state index in [4.69, 9.17) is 79.1 Å². The number of halogens is 7. The molecule has 8 nitrogen and oxygen atoms in total. The largest absolute Gasteiger partial charge is 0.465 e. The summed E-state index contributed by atoms with van der Waals surface area (Å²) < 4.78 is 20.8. The number of aliphatic imine (C=N–C) groups is 2. The summed E-state index contributed by atoms with van der Waals surface area (Å²) in [6, 6.07) is 6.22. The van der Waals surface area contributed by atoms with Crippen LogP contribution in [0.15, 0.2) is 34.3 Å². The molecule has 1 aromatic rings. The minimum absolute atomic E-state index is 0.122. The molecule has 0 saturated heterocycles. The number of anilines is 1. The van der Waals surface area contributed by atoms with E-state index in [2.05, 4.69) is 15.3 Å². The third-order valence-corrected chi connectivity index (χ3v) is 5.43. The Kier molecular flexibility index (Phi) is 9.95. The van der Waals surface area contributed by atoms with Gasteiger partial charge in [-0.25, -0.2) is 9.98 Å². The van der Waals surface area contributed by atoms with E-state index in [-0.39, 0.29) is 43.4 Å². The highest BCUT2D eigenvalue weighted by atomic mass is 35.6. The summed E-state index contributed by atoms with van der Waals surface area (Å²) in [6.45, 7) is 2.82. The number of ether oxygens (including phenoxy) is 2. The summed E-state index contributed by atoms with van der Waals surface area (Å²) in [5.41, 5.74) is 0.379. The van der Waals surface area contributed by atoms with E-state index < -0.39 is 31.3 Å². The molecule has 2 rings (SSSR count). The topological polar surface area (TPSA) is 92.6 Å². The standard InChI is InChI=1S/C19H19Cl6FN4O4/c1-3-33-13(31)9-30(10-14(32)34-4-2)12-8-6-5-7-11(12)15-27-16(17(20,21)22)29-19(26,28-15)18(23,24)25/h5-8H,3-4,9-10H2,1-2H3,(H,27,28,29). The van der Waals surface area contributed by atoms with Crippen molar-refractivity contribution in [2.75, 3.05) is 31.2 Å². The molecule has 0 amide bonds.